The van der Waals surface area contributed by atoms with E-state index in [1.54, 1.807) is 16.9 Å². The van der Waals surface area contributed by atoms with Gasteiger partial charge >= 0.3 is 6.09 Å². The molecule has 10 heteroatoms. The van der Waals surface area contributed by atoms with Gasteiger partial charge in [-0.25, -0.2) is 13.7 Å². The van der Waals surface area contributed by atoms with E-state index < -0.39 is 11.4 Å². The van der Waals surface area contributed by atoms with E-state index in [1.165, 1.54) is 18.2 Å². The molecule has 186 valence electrons. The quantitative estimate of drug-likeness (QED) is 0.331. The Balaban J connectivity index is 1.50. The molecule has 0 bridgehead atoms. The number of carbonyl (C=O) groups excluding carboxylic acids is 1. The molecule has 0 atom stereocenters. The molecule has 2 N–H and O–H groups in total. The predicted molar refractivity (Wildman–Crippen MR) is 141 cm³/mol. The first-order chi connectivity index (χ1) is 16.6. The molecule has 2 heterocycles. The van der Waals surface area contributed by atoms with Gasteiger partial charge in [0.2, 0.25) is 0 Å². The Morgan fingerprint density at radius 1 is 1.26 bits per heavy atom. The van der Waals surface area contributed by atoms with Crippen molar-refractivity contribution < 1.29 is 13.9 Å². The van der Waals surface area contributed by atoms with Crippen molar-refractivity contribution in [1.82, 2.24) is 14.9 Å². The maximum atomic E-state index is 13.7. The molecule has 3 aromatic rings. The maximum absolute atomic E-state index is 13.7. The molecular formula is C25H28BrClFN5O2. The molecular weight excluding hydrogens is 537 g/mol. The number of amides is 1. The molecule has 0 saturated heterocycles. The van der Waals surface area contributed by atoms with Crippen LogP contribution in [0.5, 0.6) is 0 Å². The van der Waals surface area contributed by atoms with Crippen LogP contribution in [0.1, 0.15) is 52.0 Å². The van der Waals surface area contributed by atoms with Gasteiger partial charge in [0, 0.05) is 40.6 Å². The van der Waals surface area contributed by atoms with Gasteiger partial charge in [0.25, 0.3) is 0 Å². The first-order valence-electron chi connectivity index (χ1n) is 11.5. The van der Waals surface area contributed by atoms with Gasteiger partial charge in [-0.15, -0.1) is 0 Å². The van der Waals surface area contributed by atoms with Crippen LogP contribution in [0, 0.1) is 5.82 Å². The lowest BCUT2D eigenvalue weighted by Gasteiger charge is -2.31. The minimum absolute atomic E-state index is 0.0824. The van der Waals surface area contributed by atoms with Crippen LogP contribution >= 0.6 is 27.5 Å². The summed E-state index contributed by atoms with van der Waals surface area (Å²) in [6.07, 6.45) is 8.30. The molecule has 1 amide bonds. The van der Waals surface area contributed by atoms with Crippen LogP contribution in [0.15, 0.2) is 46.1 Å². The van der Waals surface area contributed by atoms with Crippen molar-refractivity contribution in [3.63, 3.8) is 0 Å². The second kappa shape index (κ2) is 10.5. The largest absolute Gasteiger partial charge is 0.444 e. The van der Waals surface area contributed by atoms with E-state index in [4.69, 9.17) is 16.3 Å². The van der Waals surface area contributed by atoms with Crippen molar-refractivity contribution in [2.75, 3.05) is 5.32 Å². The third-order valence-corrected chi connectivity index (χ3v) is 6.43. The van der Waals surface area contributed by atoms with Crippen molar-refractivity contribution in [2.45, 2.75) is 64.1 Å². The number of nitrogens with one attached hydrogen (secondary N) is 2. The van der Waals surface area contributed by atoms with Crippen LogP contribution in [-0.2, 0) is 4.74 Å². The Morgan fingerprint density at radius 3 is 2.69 bits per heavy atom. The highest BCUT2D eigenvalue weighted by Gasteiger charge is 2.25. The molecule has 4 rings (SSSR count). The Bertz CT molecular complexity index is 1250. The second-order valence-corrected chi connectivity index (χ2v) is 11.0. The molecule has 7 nitrogen and oxygen atoms in total. The van der Waals surface area contributed by atoms with Crippen molar-refractivity contribution in [3.8, 4) is 0 Å². The number of carbonyl (C=O) groups is 1. The Morgan fingerprint density at radius 2 is 1.97 bits per heavy atom. The summed E-state index contributed by atoms with van der Waals surface area (Å²) < 4.78 is 21.7. The SMILES string of the molecule is CC(C)(C)OC(=O)NC1CCC(Nc2c(C=Nc3cc(F)ccc3Cl)cnn3cc(Br)cc23)CC1. The zero-order chi connectivity index (χ0) is 25.2. The number of anilines is 1. The minimum atomic E-state index is -0.519. The Labute approximate surface area is 217 Å². The lowest BCUT2D eigenvalue weighted by molar-refractivity contribution is 0.0492. The number of rotatable bonds is 5. The molecule has 1 saturated carbocycles. The molecule has 2 aromatic heterocycles. The lowest BCUT2D eigenvalue weighted by atomic mass is 9.91. The first kappa shape index (κ1) is 25.4. The van der Waals surface area contributed by atoms with Crippen LogP contribution in [0.25, 0.3) is 5.52 Å². The number of aromatic nitrogens is 2. The maximum Gasteiger partial charge on any atom is 0.407 e. The Kier molecular flexibility index (Phi) is 7.66. The molecule has 1 fully saturated rings. The number of hydrogen-bond donors (Lipinski definition) is 2. The van der Waals surface area contributed by atoms with E-state index in [1.807, 2.05) is 33.0 Å². The number of fused-ring (bicyclic) bond motifs is 1. The van der Waals surface area contributed by atoms with Crippen LogP contribution in [0.2, 0.25) is 5.02 Å². The predicted octanol–water partition coefficient (Wildman–Crippen LogP) is 6.89. The molecule has 1 aromatic carbocycles. The van der Waals surface area contributed by atoms with Crippen molar-refractivity contribution in [2.24, 2.45) is 4.99 Å². The molecule has 35 heavy (non-hydrogen) atoms. The summed E-state index contributed by atoms with van der Waals surface area (Å²) in [6.45, 7) is 5.56. The fourth-order valence-electron chi connectivity index (χ4n) is 4.08. The van der Waals surface area contributed by atoms with E-state index in [2.05, 4.69) is 36.7 Å². The summed E-state index contributed by atoms with van der Waals surface area (Å²) >= 11 is 9.70. The van der Waals surface area contributed by atoms with E-state index in [0.29, 0.717) is 10.7 Å². The van der Waals surface area contributed by atoms with Gasteiger partial charge in [-0.1, -0.05) is 11.6 Å². The summed E-state index contributed by atoms with van der Waals surface area (Å²) in [6, 6.07) is 6.35. The Hall–Kier alpha value is -2.65. The molecule has 1 aliphatic carbocycles. The molecule has 1 aliphatic rings. The van der Waals surface area contributed by atoms with Gasteiger partial charge < -0.3 is 15.4 Å². The number of nitrogens with zero attached hydrogens (tertiary/aromatic N) is 3. The monoisotopic (exact) mass is 563 g/mol. The van der Waals surface area contributed by atoms with Crippen LogP contribution in [0.3, 0.4) is 0 Å². The van der Waals surface area contributed by atoms with E-state index in [9.17, 15) is 9.18 Å². The summed E-state index contributed by atoms with van der Waals surface area (Å²) in [5.41, 5.74) is 2.36. The highest BCUT2D eigenvalue weighted by molar-refractivity contribution is 9.10. The van der Waals surface area contributed by atoms with E-state index >= 15 is 0 Å². The van der Waals surface area contributed by atoms with Gasteiger partial charge in [0.1, 0.15) is 11.4 Å². The third-order valence-electron chi connectivity index (χ3n) is 5.68. The molecule has 0 radical (unpaired) electrons. The number of benzene rings is 1. The zero-order valence-corrected chi connectivity index (χ0v) is 22.2. The van der Waals surface area contributed by atoms with Crippen LogP contribution < -0.4 is 10.6 Å². The second-order valence-electron chi connectivity index (χ2n) is 9.66. The van der Waals surface area contributed by atoms with Gasteiger partial charge in [0.15, 0.2) is 0 Å². The standard InChI is InChI=1S/C25H28BrClFN5O2/c1-25(2,3)35-24(34)32-19-7-5-18(6-8-19)31-23-15(13-30-33-14-16(26)10-22(23)33)12-29-21-11-17(28)4-9-20(21)27/h4,9-14,18-19,31H,5-8H2,1-3H3,(H,32,34). The lowest BCUT2D eigenvalue weighted by Crippen LogP contribution is -2.42. The average molecular weight is 565 g/mol. The first-order valence-corrected chi connectivity index (χ1v) is 12.7. The van der Waals surface area contributed by atoms with Gasteiger partial charge in [-0.3, -0.25) is 4.99 Å². The normalized spacial score (nSPS) is 18.7. The zero-order valence-electron chi connectivity index (χ0n) is 19.8. The summed E-state index contributed by atoms with van der Waals surface area (Å²) in [4.78, 5) is 16.5. The smallest absolute Gasteiger partial charge is 0.407 e. The van der Waals surface area contributed by atoms with Gasteiger partial charge in [-0.2, -0.15) is 5.10 Å². The number of aliphatic imine (C=N–C) groups is 1. The van der Waals surface area contributed by atoms with Crippen LogP contribution in [-0.4, -0.2) is 39.6 Å². The summed E-state index contributed by atoms with van der Waals surface area (Å²) in [7, 11) is 0. The van der Waals surface area contributed by atoms with Crippen molar-refractivity contribution >= 4 is 56.7 Å². The summed E-state index contributed by atoms with van der Waals surface area (Å²) in [5.74, 6) is -0.402. The number of hydrogen-bond acceptors (Lipinski definition) is 5. The van der Waals surface area contributed by atoms with E-state index in [0.717, 1.165) is 46.9 Å². The number of alkyl carbamates (subject to hydrolysis) is 1. The highest BCUT2D eigenvalue weighted by Crippen LogP contribution is 2.30. The van der Waals surface area contributed by atoms with Crippen molar-refractivity contribution in [1.29, 1.82) is 0 Å². The van der Waals surface area contributed by atoms with Crippen molar-refractivity contribution in [3.05, 3.63) is 57.5 Å². The third kappa shape index (κ3) is 6.73. The molecule has 0 spiro atoms. The number of halogens is 3. The topological polar surface area (TPSA) is 80.0 Å². The fraction of sp³-hybridized carbons (Fsp3) is 0.400. The summed E-state index contributed by atoms with van der Waals surface area (Å²) in [5, 5.41) is 11.5. The minimum Gasteiger partial charge on any atom is -0.444 e. The van der Waals surface area contributed by atoms with E-state index in [-0.39, 0.29) is 18.2 Å². The van der Waals surface area contributed by atoms with Gasteiger partial charge in [-0.05, 0) is 80.6 Å². The van der Waals surface area contributed by atoms with Crippen LogP contribution in [0.4, 0.5) is 20.6 Å². The molecule has 0 aliphatic heterocycles. The fourth-order valence-corrected chi connectivity index (χ4v) is 4.66. The number of ether oxygens (including phenoxy) is 1. The van der Waals surface area contributed by atoms with Gasteiger partial charge in [0.05, 0.1) is 28.1 Å². The molecule has 0 unspecified atom stereocenters. The highest BCUT2D eigenvalue weighted by atomic mass is 79.9. The average Bonchev–Trinajstić information content (AvgIpc) is 3.16.